The monoisotopic (exact) mass is 391 g/mol. The second-order valence-electron chi connectivity index (χ2n) is 8.02. The van der Waals surface area contributed by atoms with E-state index in [9.17, 15) is 4.79 Å². The van der Waals surface area contributed by atoms with Crippen LogP contribution in [-0.4, -0.2) is 52.8 Å². The molecule has 4 atom stereocenters. The fraction of sp³-hybridized carbons (Fsp3) is 0.409. The molecule has 3 aromatic rings. The third-order valence-electron chi connectivity index (χ3n) is 6.32. The van der Waals surface area contributed by atoms with Crippen LogP contribution in [0.4, 0.5) is 0 Å². The van der Waals surface area contributed by atoms with E-state index in [4.69, 9.17) is 4.74 Å². The van der Waals surface area contributed by atoms with E-state index in [1.54, 1.807) is 19.6 Å². The van der Waals surface area contributed by atoms with E-state index >= 15 is 0 Å². The van der Waals surface area contributed by atoms with Crippen LogP contribution in [0.1, 0.15) is 23.2 Å². The summed E-state index contributed by atoms with van der Waals surface area (Å²) in [4.78, 5) is 21.9. The molecule has 2 aromatic heterocycles. The molecule has 3 heterocycles. The van der Waals surface area contributed by atoms with E-state index in [0.29, 0.717) is 22.9 Å². The van der Waals surface area contributed by atoms with Gasteiger partial charge in [0, 0.05) is 19.0 Å². The van der Waals surface area contributed by atoms with Crippen LogP contribution in [0.25, 0.3) is 16.9 Å². The normalized spacial score (nSPS) is 26.4. The van der Waals surface area contributed by atoms with Crippen LogP contribution in [0.15, 0.2) is 48.9 Å². The molecule has 2 N–H and O–H groups in total. The molecule has 7 heteroatoms. The number of aromatic nitrogens is 3. The highest BCUT2D eigenvalue weighted by Crippen LogP contribution is 2.34. The summed E-state index contributed by atoms with van der Waals surface area (Å²) in [7, 11) is 1.73. The van der Waals surface area contributed by atoms with Crippen LogP contribution in [-0.2, 0) is 4.74 Å². The number of carbonyl (C=O) groups excluding carboxylic acids is 1. The average Bonchev–Trinajstić information content (AvgIpc) is 3.39. The number of fused-ring (bicyclic) bond motifs is 2. The van der Waals surface area contributed by atoms with Gasteiger partial charge in [-0.15, -0.1) is 0 Å². The minimum absolute atomic E-state index is 0.0197. The molecule has 1 saturated carbocycles. The smallest absolute Gasteiger partial charge is 0.253 e. The summed E-state index contributed by atoms with van der Waals surface area (Å²) in [5, 5.41) is 6.65. The van der Waals surface area contributed by atoms with E-state index in [1.165, 1.54) is 0 Å². The fourth-order valence-electron chi connectivity index (χ4n) is 4.75. The first-order valence-corrected chi connectivity index (χ1v) is 10.2. The Morgan fingerprint density at radius 3 is 2.76 bits per heavy atom. The van der Waals surface area contributed by atoms with Crippen molar-refractivity contribution in [1.29, 1.82) is 0 Å². The number of carbonyl (C=O) groups is 1. The van der Waals surface area contributed by atoms with E-state index < -0.39 is 0 Å². The summed E-state index contributed by atoms with van der Waals surface area (Å²) < 4.78 is 7.62. The number of hydrogen-bond donors (Lipinski definition) is 2. The molecule has 0 bridgehead atoms. The summed E-state index contributed by atoms with van der Waals surface area (Å²) in [6.07, 6.45) is 5.35. The van der Waals surface area contributed by atoms with Gasteiger partial charge in [0.2, 0.25) is 0 Å². The highest BCUT2D eigenvalue weighted by molar-refractivity contribution is 5.96. The van der Waals surface area contributed by atoms with Gasteiger partial charge in [0.15, 0.2) is 5.65 Å². The zero-order chi connectivity index (χ0) is 19.8. The van der Waals surface area contributed by atoms with Crippen molar-refractivity contribution in [3.8, 4) is 5.69 Å². The lowest BCUT2D eigenvalue weighted by Gasteiger charge is -2.37. The number of nitrogens with one attached hydrogen (secondary N) is 2. The number of rotatable bonds is 4. The highest BCUT2D eigenvalue weighted by atomic mass is 16.5. The van der Waals surface area contributed by atoms with Crippen LogP contribution >= 0.6 is 0 Å². The number of methoxy groups -OCH3 is 1. The summed E-state index contributed by atoms with van der Waals surface area (Å²) in [5.41, 5.74) is 2.95. The molecular weight excluding hydrogens is 366 g/mol. The molecule has 29 heavy (non-hydrogen) atoms. The number of ether oxygens (including phenoxy) is 1. The molecule has 2 aliphatic rings. The zero-order valence-corrected chi connectivity index (χ0v) is 16.4. The summed E-state index contributed by atoms with van der Waals surface area (Å²) in [5.74, 6) is 1.13. The number of hydrogen-bond acceptors (Lipinski definition) is 5. The number of amides is 1. The van der Waals surface area contributed by atoms with E-state index in [1.807, 2.05) is 41.0 Å². The molecule has 0 unspecified atom stereocenters. The lowest BCUT2D eigenvalue weighted by Crippen LogP contribution is -2.50. The van der Waals surface area contributed by atoms with E-state index in [-0.39, 0.29) is 18.1 Å². The Kier molecular flexibility index (Phi) is 4.77. The SMILES string of the molecule is CO[C@H]1C[C@@H]2CNC[C@@H]2C[C@@H]1NC(=O)c1cnc2c(c1)ncn2-c1ccccc1. The van der Waals surface area contributed by atoms with Crippen molar-refractivity contribution in [1.82, 2.24) is 25.2 Å². The maximum atomic E-state index is 12.9. The third kappa shape index (κ3) is 3.41. The number of pyridine rings is 1. The van der Waals surface area contributed by atoms with Crippen molar-refractivity contribution >= 4 is 17.1 Å². The van der Waals surface area contributed by atoms with Gasteiger partial charge in [0.25, 0.3) is 5.91 Å². The largest absolute Gasteiger partial charge is 0.379 e. The van der Waals surface area contributed by atoms with Crippen LogP contribution in [0.3, 0.4) is 0 Å². The molecule has 0 radical (unpaired) electrons. The van der Waals surface area contributed by atoms with Gasteiger partial charge in [-0.25, -0.2) is 9.97 Å². The first-order chi connectivity index (χ1) is 14.2. The number of para-hydroxylation sites is 1. The fourth-order valence-corrected chi connectivity index (χ4v) is 4.75. The molecule has 0 spiro atoms. The molecule has 1 saturated heterocycles. The zero-order valence-electron chi connectivity index (χ0n) is 16.4. The van der Waals surface area contributed by atoms with Gasteiger partial charge in [-0.05, 0) is 56.0 Å². The Balaban J connectivity index is 1.36. The second-order valence-corrected chi connectivity index (χ2v) is 8.02. The Bertz CT molecular complexity index is 1020. The van der Waals surface area contributed by atoms with Crippen molar-refractivity contribution in [3.63, 3.8) is 0 Å². The van der Waals surface area contributed by atoms with Crippen molar-refractivity contribution < 1.29 is 9.53 Å². The van der Waals surface area contributed by atoms with Crippen LogP contribution in [0.2, 0.25) is 0 Å². The minimum Gasteiger partial charge on any atom is -0.379 e. The molecule has 1 aromatic carbocycles. The quantitative estimate of drug-likeness (QED) is 0.712. The van der Waals surface area contributed by atoms with Gasteiger partial charge in [0.1, 0.15) is 11.8 Å². The lowest BCUT2D eigenvalue weighted by atomic mass is 9.77. The molecule has 1 aliphatic heterocycles. The summed E-state index contributed by atoms with van der Waals surface area (Å²) in [6, 6.07) is 11.8. The van der Waals surface area contributed by atoms with Gasteiger partial charge in [-0.3, -0.25) is 9.36 Å². The number of nitrogens with zero attached hydrogens (tertiary/aromatic N) is 3. The Labute approximate surface area is 169 Å². The van der Waals surface area contributed by atoms with Gasteiger partial charge in [0.05, 0.1) is 17.7 Å². The molecular formula is C22H25N5O2. The highest BCUT2D eigenvalue weighted by Gasteiger charge is 2.40. The Morgan fingerprint density at radius 2 is 1.97 bits per heavy atom. The summed E-state index contributed by atoms with van der Waals surface area (Å²) >= 11 is 0. The van der Waals surface area contributed by atoms with Crippen molar-refractivity contribution in [2.24, 2.45) is 11.8 Å². The molecule has 2 fully saturated rings. The van der Waals surface area contributed by atoms with Gasteiger partial charge in [-0.1, -0.05) is 18.2 Å². The maximum absolute atomic E-state index is 12.9. The summed E-state index contributed by atoms with van der Waals surface area (Å²) in [6.45, 7) is 2.08. The Hall–Kier alpha value is -2.77. The number of benzene rings is 1. The van der Waals surface area contributed by atoms with Crippen LogP contribution in [0.5, 0.6) is 0 Å². The molecule has 5 rings (SSSR count). The first-order valence-electron chi connectivity index (χ1n) is 10.2. The third-order valence-corrected chi connectivity index (χ3v) is 6.32. The lowest BCUT2D eigenvalue weighted by molar-refractivity contribution is 0.0125. The molecule has 7 nitrogen and oxygen atoms in total. The predicted molar refractivity (Wildman–Crippen MR) is 110 cm³/mol. The van der Waals surface area contributed by atoms with E-state index in [0.717, 1.165) is 37.3 Å². The van der Waals surface area contributed by atoms with Crippen molar-refractivity contribution in [2.45, 2.75) is 25.0 Å². The topological polar surface area (TPSA) is 81.1 Å². The van der Waals surface area contributed by atoms with Crippen molar-refractivity contribution in [3.05, 3.63) is 54.5 Å². The van der Waals surface area contributed by atoms with Gasteiger partial charge >= 0.3 is 0 Å². The second kappa shape index (κ2) is 7.57. The van der Waals surface area contributed by atoms with Crippen LogP contribution in [0, 0.1) is 11.8 Å². The maximum Gasteiger partial charge on any atom is 0.253 e. The number of imidazole rings is 1. The minimum atomic E-state index is -0.120. The van der Waals surface area contributed by atoms with Crippen molar-refractivity contribution in [2.75, 3.05) is 20.2 Å². The van der Waals surface area contributed by atoms with Crippen LogP contribution < -0.4 is 10.6 Å². The average molecular weight is 391 g/mol. The van der Waals surface area contributed by atoms with E-state index in [2.05, 4.69) is 20.6 Å². The van der Waals surface area contributed by atoms with Gasteiger partial charge in [-0.2, -0.15) is 0 Å². The molecule has 1 aliphatic carbocycles. The molecule has 150 valence electrons. The predicted octanol–water partition coefficient (Wildman–Crippen LogP) is 2.16. The molecule has 1 amide bonds. The van der Waals surface area contributed by atoms with Gasteiger partial charge < -0.3 is 15.4 Å². The Morgan fingerprint density at radius 1 is 1.17 bits per heavy atom. The first kappa shape index (κ1) is 18.3. The standard InChI is InChI=1S/C22H25N5O2/c1-29-20-9-15-11-23-10-14(15)7-18(20)26-22(28)16-8-19-21(24-12-16)27(13-25-19)17-5-3-2-4-6-17/h2-6,8,12-15,18,20,23H,7,9-11H2,1H3,(H,26,28)/t14-,15+,18-,20-/m0/s1.